The third-order valence-electron chi connectivity index (χ3n) is 2.31. The Balaban J connectivity index is 2.30. The van der Waals surface area contributed by atoms with E-state index in [0.29, 0.717) is 4.90 Å². The summed E-state index contributed by atoms with van der Waals surface area (Å²) in [4.78, 5) is 0.683. The van der Waals surface area contributed by atoms with Gasteiger partial charge in [0.2, 0.25) is 0 Å². The number of hydrogen-bond acceptors (Lipinski definition) is 2. The highest BCUT2D eigenvalue weighted by Gasteiger charge is 2.02. The predicted octanol–water partition coefficient (Wildman–Crippen LogP) is 3.02. The van der Waals surface area contributed by atoms with Crippen LogP contribution < -0.4 is 0 Å². The largest absolute Gasteiger partial charge is 0.290 e. The van der Waals surface area contributed by atoms with E-state index in [9.17, 15) is 4.21 Å². The average Bonchev–Trinajstić information content (AvgIpc) is 2.39. The summed E-state index contributed by atoms with van der Waals surface area (Å²) in [5.41, 5.74) is 2.26. The normalized spacial score (nSPS) is 12.3. The molecule has 0 heterocycles. The van der Waals surface area contributed by atoms with Crippen LogP contribution in [-0.2, 0) is 15.3 Å². The minimum Gasteiger partial charge on any atom is -0.290 e. The molecule has 1 unspecified atom stereocenters. The van der Waals surface area contributed by atoms with Gasteiger partial charge in [-0.2, -0.15) is 0 Å². The highest BCUT2D eigenvalue weighted by atomic mass is 32.2. The Hall–Kier alpha value is -1.45. The van der Waals surface area contributed by atoms with Crippen LogP contribution >= 0.6 is 0 Å². The zero-order valence-electron chi connectivity index (χ0n) is 8.92. The van der Waals surface area contributed by atoms with Gasteiger partial charge in [0, 0.05) is 0 Å². The van der Waals surface area contributed by atoms with Crippen molar-refractivity contribution in [3.05, 3.63) is 54.6 Å². The maximum Gasteiger partial charge on any atom is 0.188 e. The number of rotatable bonds is 3. The van der Waals surface area contributed by atoms with Gasteiger partial charge in [-0.3, -0.25) is 4.18 Å². The Morgan fingerprint density at radius 2 is 1.44 bits per heavy atom. The molecular weight excluding hydrogens is 220 g/mol. The Bertz CT molecular complexity index is 477. The van der Waals surface area contributed by atoms with Crippen LogP contribution in [-0.4, -0.2) is 11.3 Å². The summed E-state index contributed by atoms with van der Waals surface area (Å²) in [5, 5.41) is 0. The van der Waals surface area contributed by atoms with Crippen LogP contribution in [0.2, 0.25) is 0 Å². The zero-order valence-corrected chi connectivity index (χ0v) is 9.74. The van der Waals surface area contributed by atoms with E-state index in [1.807, 2.05) is 54.6 Å². The van der Waals surface area contributed by atoms with Gasteiger partial charge in [0.25, 0.3) is 0 Å². The Morgan fingerprint density at radius 3 is 2.00 bits per heavy atom. The monoisotopic (exact) mass is 232 g/mol. The second kappa shape index (κ2) is 5.05. The molecule has 0 spiro atoms. The van der Waals surface area contributed by atoms with Crippen LogP contribution in [0.5, 0.6) is 0 Å². The van der Waals surface area contributed by atoms with Crippen molar-refractivity contribution in [2.24, 2.45) is 0 Å². The van der Waals surface area contributed by atoms with Crippen molar-refractivity contribution in [2.45, 2.75) is 4.90 Å². The molecule has 0 aliphatic heterocycles. The molecule has 2 aromatic carbocycles. The number of benzene rings is 2. The lowest BCUT2D eigenvalue weighted by Crippen LogP contribution is -1.92. The molecule has 0 saturated heterocycles. The third-order valence-corrected chi connectivity index (χ3v) is 3.27. The zero-order chi connectivity index (χ0) is 11.4. The lowest BCUT2D eigenvalue weighted by atomic mass is 10.1. The van der Waals surface area contributed by atoms with E-state index in [4.69, 9.17) is 4.18 Å². The molecule has 2 aromatic rings. The molecule has 0 aliphatic carbocycles. The van der Waals surface area contributed by atoms with Gasteiger partial charge in [0.15, 0.2) is 11.1 Å². The Morgan fingerprint density at radius 1 is 0.875 bits per heavy atom. The third kappa shape index (κ3) is 2.38. The smallest absolute Gasteiger partial charge is 0.188 e. The predicted molar refractivity (Wildman–Crippen MR) is 65.3 cm³/mol. The molecule has 16 heavy (non-hydrogen) atoms. The summed E-state index contributed by atoms with van der Waals surface area (Å²) < 4.78 is 16.1. The van der Waals surface area contributed by atoms with Gasteiger partial charge in [-0.1, -0.05) is 42.5 Å². The van der Waals surface area contributed by atoms with Crippen molar-refractivity contribution in [1.82, 2.24) is 0 Å². The molecule has 0 fully saturated rings. The maximum atomic E-state index is 11.4. The first-order chi connectivity index (χ1) is 7.81. The van der Waals surface area contributed by atoms with Gasteiger partial charge in [-0.15, -0.1) is 0 Å². The molecule has 0 radical (unpaired) electrons. The quantitative estimate of drug-likeness (QED) is 0.813. The summed E-state index contributed by atoms with van der Waals surface area (Å²) in [5.74, 6) is 0. The fraction of sp³-hybridized carbons (Fsp3) is 0.0769. The van der Waals surface area contributed by atoms with Gasteiger partial charge < -0.3 is 0 Å². The van der Waals surface area contributed by atoms with Gasteiger partial charge in [0.05, 0.1) is 12.0 Å². The highest BCUT2D eigenvalue weighted by Crippen LogP contribution is 2.20. The molecular formula is C13H12O2S. The highest BCUT2D eigenvalue weighted by molar-refractivity contribution is 7.80. The minimum absolute atomic E-state index is 0.683. The average molecular weight is 232 g/mol. The van der Waals surface area contributed by atoms with Gasteiger partial charge >= 0.3 is 0 Å². The van der Waals surface area contributed by atoms with Crippen molar-refractivity contribution in [3.63, 3.8) is 0 Å². The molecule has 0 bridgehead atoms. The molecule has 2 nitrogen and oxygen atoms in total. The first kappa shape index (κ1) is 11.0. The fourth-order valence-corrected chi connectivity index (χ4v) is 2.04. The van der Waals surface area contributed by atoms with Crippen molar-refractivity contribution in [1.29, 1.82) is 0 Å². The molecule has 0 amide bonds. The van der Waals surface area contributed by atoms with E-state index in [-0.39, 0.29) is 0 Å². The molecule has 0 aliphatic rings. The second-order valence-electron chi connectivity index (χ2n) is 3.29. The van der Waals surface area contributed by atoms with Crippen molar-refractivity contribution < 1.29 is 8.39 Å². The minimum atomic E-state index is -1.36. The van der Waals surface area contributed by atoms with Crippen molar-refractivity contribution >= 4 is 11.1 Å². The maximum absolute atomic E-state index is 11.4. The fourth-order valence-electron chi connectivity index (χ4n) is 1.49. The first-order valence-corrected chi connectivity index (χ1v) is 6.00. The molecule has 0 N–H and O–H groups in total. The van der Waals surface area contributed by atoms with Crippen LogP contribution in [0.3, 0.4) is 0 Å². The van der Waals surface area contributed by atoms with E-state index in [0.717, 1.165) is 11.1 Å². The Labute approximate surface area is 97.6 Å². The van der Waals surface area contributed by atoms with Gasteiger partial charge in [0.1, 0.15) is 0 Å². The topological polar surface area (TPSA) is 26.3 Å². The summed E-state index contributed by atoms with van der Waals surface area (Å²) in [6.45, 7) is 0. The summed E-state index contributed by atoms with van der Waals surface area (Å²) >= 11 is -1.36. The molecule has 3 heteroatoms. The molecule has 0 saturated carbocycles. The lowest BCUT2D eigenvalue weighted by molar-refractivity contribution is 0.446. The summed E-state index contributed by atoms with van der Waals surface area (Å²) in [6.07, 6.45) is 0. The summed E-state index contributed by atoms with van der Waals surface area (Å²) in [7, 11) is 1.43. The molecule has 82 valence electrons. The van der Waals surface area contributed by atoms with Gasteiger partial charge in [-0.05, 0) is 23.3 Å². The summed E-state index contributed by atoms with van der Waals surface area (Å²) in [6, 6.07) is 17.6. The Kier molecular flexibility index (Phi) is 3.49. The van der Waals surface area contributed by atoms with E-state index in [1.165, 1.54) is 7.11 Å². The SMILES string of the molecule is COS(=O)c1ccc(-c2ccccc2)cc1. The van der Waals surface area contributed by atoms with Crippen LogP contribution in [0.15, 0.2) is 59.5 Å². The van der Waals surface area contributed by atoms with Crippen molar-refractivity contribution in [2.75, 3.05) is 7.11 Å². The van der Waals surface area contributed by atoms with E-state index in [1.54, 1.807) is 0 Å². The van der Waals surface area contributed by atoms with Crippen LogP contribution in [0.4, 0.5) is 0 Å². The lowest BCUT2D eigenvalue weighted by Gasteiger charge is -2.03. The molecule has 1 atom stereocenters. The van der Waals surface area contributed by atoms with Crippen LogP contribution in [0.25, 0.3) is 11.1 Å². The molecule has 0 aromatic heterocycles. The second-order valence-corrected chi connectivity index (χ2v) is 4.57. The molecule has 2 rings (SSSR count). The van der Waals surface area contributed by atoms with E-state index in [2.05, 4.69) is 0 Å². The van der Waals surface area contributed by atoms with E-state index >= 15 is 0 Å². The standard InChI is InChI=1S/C13H12O2S/c1-15-16(14)13-9-7-12(8-10-13)11-5-3-2-4-6-11/h2-10H,1H3. The van der Waals surface area contributed by atoms with Crippen LogP contribution in [0, 0.1) is 0 Å². The number of hydrogen-bond donors (Lipinski definition) is 0. The van der Waals surface area contributed by atoms with Crippen molar-refractivity contribution in [3.8, 4) is 11.1 Å². The first-order valence-electron chi connectivity index (χ1n) is 4.93. The van der Waals surface area contributed by atoms with Gasteiger partial charge in [-0.25, -0.2) is 4.21 Å². The van der Waals surface area contributed by atoms with E-state index < -0.39 is 11.1 Å². The van der Waals surface area contributed by atoms with Crippen LogP contribution in [0.1, 0.15) is 0 Å².